The van der Waals surface area contributed by atoms with Crippen LogP contribution in [0.4, 0.5) is 4.79 Å². The predicted octanol–water partition coefficient (Wildman–Crippen LogP) is 2.35. The van der Waals surface area contributed by atoms with E-state index in [2.05, 4.69) is 25.2 Å². The van der Waals surface area contributed by atoms with E-state index in [1.54, 1.807) is 0 Å². The van der Waals surface area contributed by atoms with Crippen LogP contribution >= 0.6 is 0 Å². The van der Waals surface area contributed by atoms with E-state index in [0.717, 1.165) is 62.5 Å². The van der Waals surface area contributed by atoms with Gasteiger partial charge in [0.2, 0.25) is 0 Å². The second-order valence-electron chi connectivity index (χ2n) is 6.88. The van der Waals surface area contributed by atoms with Crippen molar-refractivity contribution in [1.82, 2.24) is 30.1 Å². The molecule has 0 radical (unpaired) electrons. The summed E-state index contributed by atoms with van der Waals surface area (Å²) in [6.45, 7) is 3.92. The molecule has 4 heterocycles. The highest BCUT2D eigenvalue weighted by molar-refractivity contribution is 5.74. The predicted molar refractivity (Wildman–Crippen MR) is 89.7 cm³/mol. The maximum atomic E-state index is 12.7. The smallest absolute Gasteiger partial charge is 0.318 e. The fraction of sp³-hybridized carbons (Fsp3) is 0.647. The summed E-state index contributed by atoms with van der Waals surface area (Å²) in [6, 6.07) is 1.76. The topological polar surface area (TPSA) is 89.1 Å². The molecule has 4 rings (SSSR count). The molecule has 8 heteroatoms. The van der Waals surface area contributed by atoms with Gasteiger partial charge in [0.15, 0.2) is 11.6 Å². The maximum absolute atomic E-state index is 12.7. The fourth-order valence-electron chi connectivity index (χ4n) is 3.78. The molecule has 2 amide bonds. The van der Waals surface area contributed by atoms with E-state index in [4.69, 9.17) is 4.52 Å². The van der Waals surface area contributed by atoms with Crippen molar-refractivity contribution < 1.29 is 9.32 Å². The highest BCUT2D eigenvalue weighted by Crippen LogP contribution is 2.31. The first kappa shape index (κ1) is 16.1. The highest BCUT2D eigenvalue weighted by atomic mass is 16.5. The van der Waals surface area contributed by atoms with Crippen LogP contribution in [0.2, 0.25) is 0 Å². The van der Waals surface area contributed by atoms with E-state index in [0.29, 0.717) is 12.3 Å². The number of likely N-dealkylation sites (tertiary alicyclic amines) is 1. The normalized spacial score (nSPS) is 20.4. The van der Waals surface area contributed by atoms with Crippen molar-refractivity contribution in [1.29, 1.82) is 0 Å². The highest BCUT2D eigenvalue weighted by Gasteiger charge is 2.33. The number of hydrogen-bond acceptors (Lipinski definition) is 5. The van der Waals surface area contributed by atoms with Crippen LogP contribution in [0.5, 0.6) is 0 Å². The lowest BCUT2D eigenvalue weighted by molar-refractivity contribution is 0.143. The lowest BCUT2D eigenvalue weighted by Gasteiger charge is -2.35. The van der Waals surface area contributed by atoms with E-state index in [1.165, 1.54) is 6.42 Å². The zero-order valence-electron chi connectivity index (χ0n) is 14.6. The number of nitrogens with one attached hydrogen (secondary N) is 1. The Hall–Kier alpha value is -2.38. The second-order valence-corrected chi connectivity index (χ2v) is 6.88. The average molecular weight is 344 g/mol. The van der Waals surface area contributed by atoms with Crippen LogP contribution in [0.15, 0.2) is 10.6 Å². The van der Waals surface area contributed by atoms with E-state index >= 15 is 0 Å². The van der Waals surface area contributed by atoms with Crippen molar-refractivity contribution in [2.24, 2.45) is 0 Å². The van der Waals surface area contributed by atoms with Gasteiger partial charge in [-0.2, -0.15) is 0 Å². The Morgan fingerprint density at radius 1 is 1.28 bits per heavy atom. The minimum absolute atomic E-state index is 0.00422. The monoisotopic (exact) mass is 344 g/mol. The molecule has 1 fully saturated rings. The van der Waals surface area contributed by atoms with Crippen LogP contribution in [0.25, 0.3) is 0 Å². The molecule has 2 aromatic heterocycles. The number of fused-ring (bicyclic) bond motifs is 1. The molecule has 2 aliphatic heterocycles. The summed E-state index contributed by atoms with van der Waals surface area (Å²) in [7, 11) is 0. The number of amides is 2. The molecular weight excluding hydrogens is 320 g/mol. The molecule has 1 saturated heterocycles. The van der Waals surface area contributed by atoms with Gasteiger partial charge in [-0.05, 0) is 39.0 Å². The number of rotatable bonds is 3. The van der Waals surface area contributed by atoms with Gasteiger partial charge >= 0.3 is 6.03 Å². The van der Waals surface area contributed by atoms with E-state index in [9.17, 15) is 4.79 Å². The molecule has 0 spiro atoms. The van der Waals surface area contributed by atoms with Crippen molar-refractivity contribution in [3.05, 3.63) is 29.2 Å². The number of carbonyl (C=O) groups is 1. The van der Waals surface area contributed by atoms with E-state index < -0.39 is 0 Å². The molecule has 25 heavy (non-hydrogen) atoms. The van der Waals surface area contributed by atoms with Crippen molar-refractivity contribution in [2.45, 2.75) is 64.6 Å². The molecule has 0 aromatic carbocycles. The van der Waals surface area contributed by atoms with Gasteiger partial charge in [0.25, 0.3) is 0 Å². The number of nitrogens with zero attached hydrogens (tertiary/aromatic N) is 5. The Morgan fingerprint density at radius 2 is 2.16 bits per heavy atom. The number of urea groups is 1. The molecule has 0 aliphatic carbocycles. The Balaban J connectivity index is 1.49. The summed E-state index contributed by atoms with van der Waals surface area (Å²) in [5, 5.41) is 15.6. The standard InChI is InChI=1S/C17H24N6O2/c1-12-10-13(25-21-12)11-18-17(24)22-8-4-2-6-14(22)16-20-19-15-7-3-5-9-23(15)16/h10,14H,2-9,11H2,1H3,(H,18,24). The van der Waals surface area contributed by atoms with Gasteiger partial charge in [-0.15, -0.1) is 10.2 Å². The van der Waals surface area contributed by atoms with Gasteiger partial charge in [-0.1, -0.05) is 5.16 Å². The lowest BCUT2D eigenvalue weighted by Crippen LogP contribution is -2.45. The summed E-state index contributed by atoms with van der Waals surface area (Å²) < 4.78 is 7.39. The van der Waals surface area contributed by atoms with Gasteiger partial charge in [0, 0.05) is 25.6 Å². The van der Waals surface area contributed by atoms with E-state index in [-0.39, 0.29) is 12.1 Å². The van der Waals surface area contributed by atoms with Crippen molar-refractivity contribution in [3.8, 4) is 0 Å². The molecule has 8 nitrogen and oxygen atoms in total. The number of aryl methyl sites for hydroxylation is 2. The zero-order chi connectivity index (χ0) is 17.2. The Morgan fingerprint density at radius 3 is 3.00 bits per heavy atom. The van der Waals surface area contributed by atoms with Gasteiger partial charge in [-0.25, -0.2) is 4.79 Å². The molecule has 1 N–H and O–H groups in total. The summed E-state index contributed by atoms with van der Waals surface area (Å²) in [6.07, 6.45) is 6.37. The number of carbonyl (C=O) groups excluding carboxylic acids is 1. The number of hydrogen-bond donors (Lipinski definition) is 1. The SMILES string of the molecule is Cc1cc(CNC(=O)N2CCCCC2c2nnc3n2CCCC3)on1. The Kier molecular flexibility index (Phi) is 4.42. The molecule has 0 saturated carbocycles. The summed E-state index contributed by atoms with van der Waals surface area (Å²) in [4.78, 5) is 14.6. The molecule has 1 atom stereocenters. The Labute approximate surface area is 146 Å². The molecule has 134 valence electrons. The van der Waals surface area contributed by atoms with Crippen LogP contribution in [0.3, 0.4) is 0 Å². The first-order valence-electron chi connectivity index (χ1n) is 9.11. The molecule has 1 unspecified atom stereocenters. The molecule has 0 bridgehead atoms. The van der Waals surface area contributed by atoms with Crippen LogP contribution in [0, 0.1) is 6.92 Å². The van der Waals surface area contributed by atoms with Crippen molar-refractivity contribution in [2.75, 3.05) is 6.54 Å². The molecule has 2 aromatic rings. The van der Waals surface area contributed by atoms with Crippen LogP contribution in [-0.4, -0.2) is 37.4 Å². The van der Waals surface area contributed by atoms with Gasteiger partial charge in [0.05, 0.1) is 18.3 Å². The third kappa shape index (κ3) is 3.25. The van der Waals surface area contributed by atoms with Crippen LogP contribution in [-0.2, 0) is 19.5 Å². The molecular formula is C17H24N6O2. The van der Waals surface area contributed by atoms with Crippen molar-refractivity contribution in [3.63, 3.8) is 0 Å². The van der Waals surface area contributed by atoms with Gasteiger partial charge in [-0.3, -0.25) is 0 Å². The third-order valence-corrected chi connectivity index (χ3v) is 5.04. The second kappa shape index (κ2) is 6.85. The summed E-state index contributed by atoms with van der Waals surface area (Å²) in [5.74, 6) is 2.67. The van der Waals surface area contributed by atoms with Crippen LogP contribution in [0.1, 0.15) is 61.2 Å². The minimum Gasteiger partial charge on any atom is -0.359 e. The fourth-order valence-corrected chi connectivity index (χ4v) is 3.78. The van der Waals surface area contributed by atoms with Crippen LogP contribution < -0.4 is 5.32 Å². The largest absolute Gasteiger partial charge is 0.359 e. The number of aromatic nitrogens is 4. The summed E-state index contributed by atoms with van der Waals surface area (Å²) >= 11 is 0. The molecule has 2 aliphatic rings. The summed E-state index contributed by atoms with van der Waals surface area (Å²) in [5.41, 5.74) is 0.815. The van der Waals surface area contributed by atoms with Crippen molar-refractivity contribution >= 4 is 6.03 Å². The number of piperidine rings is 1. The van der Waals surface area contributed by atoms with E-state index in [1.807, 2.05) is 17.9 Å². The average Bonchev–Trinajstić information content (AvgIpc) is 3.26. The third-order valence-electron chi connectivity index (χ3n) is 5.04. The minimum atomic E-state index is -0.0769. The van der Waals surface area contributed by atoms with Gasteiger partial charge < -0.3 is 19.3 Å². The lowest BCUT2D eigenvalue weighted by atomic mass is 10.0. The first-order valence-corrected chi connectivity index (χ1v) is 9.11. The van der Waals surface area contributed by atoms with Gasteiger partial charge in [0.1, 0.15) is 5.82 Å². The first-order chi connectivity index (χ1) is 12.2. The maximum Gasteiger partial charge on any atom is 0.318 e. The Bertz CT molecular complexity index is 752. The quantitative estimate of drug-likeness (QED) is 0.923. The zero-order valence-corrected chi connectivity index (χ0v) is 14.6.